The van der Waals surface area contributed by atoms with Crippen molar-refractivity contribution in [3.63, 3.8) is 0 Å². The normalized spacial score (nSPS) is 14.7. The summed E-state index contributed by atoms with van der Waals surface area (Å²) in [5, 5.41) is 12.8. The summed E-state index contributed by atoms with van der Waals surface area (Å²) < 4.78 is 2.28. The van der Waals surface area contributed by atoms with Gasteiger partial charge in [0.2, 0.25) is 0 Å². The molecule has 0 atom stereocenters. The Morgan fingerprint density at radius 1 is 1.30 bits per heavy atom. The fraction of sp³-hybridized carbons (Fsp3) is 0.500. The van der Waals surface area contributed by atoms with Gasteiger partial charge >= 0.3 is 0 Å². The quantitative estimate of drug-likeness (QED) is 0.877. The van der Waals surface area contributed by atoms with Gasteiger partial charge in [-0.2, -0.15) is 0 Å². The van der Waals surface area contributed by atoms with E-state index in [1.54, 1.807) is 11.8 Å². The van der Waals surface area contributed by atoms with Crippen LogP contribution in [0.25, 0.3) is 0 Å². The number of nitrogens with one attached hydrogen (secondary N) is 1. The monoisotopic (exact) mass is 289 g/mol. The Hall–Kier alpha value is -1.56. The number of hydrogen-bond donors (Lipinski definition) is 1. The van der Waals surface area contributed by atoms with E-state index in [9.17, 15) is 0 Å². The van der Waals surface area contributed by atoms with Gasteiger partial charge in [0.1, 0.15) is 5.82 Å². The molecule has 0 fully saturated rings. The second kappa shape index (κ2) is 6.26. The largest absolute Gasteiger partial charge is 0.388 e. The van der Waals surface area contributed by atoms with Crippen LogP contribution < -0.4 is 5.32 Å². The van der Waals surface area contributed by atoms with E-state index in [0.717, 1.165) is 41.1 Å². The number of nitrogens with zero attached hydrogens (tertiary/aromatic N) is 4. The van der Waals surface area contributed by atoms with Crippen LogP contribution in [-0.4, -0.2) is 26.8 Å². The number of aromatic nitrogens is 4. The van der Waals surface area contributed by atoms with Gasteiger partial charge in [0.05, 0.1) is 5.69 Å². The summed E-state index contributed by atoms with van der Waals surface area (Å²) in [6.07, 6.45) is 6.65. The third-order valence-corrected chi connectivity index (χ3v) is 4.53. The molecule has 5 nitrogen and oxygen atoms in total. The van der Waals surface area contributed by atoms with Crippen molar-refractivity contribution in [1.82, 2.24) is 19.7 Å². The van der Waals surface area contributed by atoms with Crippen molar-refractivity contribution in [2.75, 3.05) is 12.4 Å². The van der Waals surface area contributed by atoms with Gasteiger partial charge in [0, 0.05) is 37.7 Å². The second-order valence-corrected chi connectivity index (χ2v) is 5.88. The predicted molar refractivity (Wildman–Crippen MR) is 80.9 cm³/mol. The molecule has 0 radical (unpaired) electrons. The highest BCUT2D eigenvalue weighted by atomic mass is 32.2. The number of aryl methyl sites for hydroxylation is 1. The SMILES string of the molecule is CNc1ccnc(CSc2nnc3n2CCCCC3)c1. The van der Waals surface area contributed by atoms with Crippen molar-refractivity contribution in [3.8, 4) is 0 Å². The third kappa shape index (κ3) is 2.95. The molecule has 0 spiro atoms. The molecular weight excluding hydrogens is 270 g/mol. The van der Waals surface area contributed by atoms with Crippen LogP contribution in [0, 0.1) is 0 Å². The minimum atomic E-state index is 0.827. The predicted octanol–water partition coefficient (Wildman–Crippen LogP) is 2.73. The Morgan fingerprint density at radius 2 is 2.25 bits per heavy atom. The summed E-state index contributed by atoms with van der Waals surface area (Å²) in [5.74, 6) is 1.97. The van der Waals surface area contributed by atoms with E-state index in [0.29, 0.717) is 0 Å². The molecule has 1 N–H and O–H groups in total. The fourth-order valence-electron chi connectivity index (χ4n) is 2.42. The van der Waals surface area contributed by atoms with Gasteiger partial charge in [-0.3, -0.25) is 4.98 Å². The molecule has 1 aliphatic heterocycles. The molecule has 0 aromatic carbocycles. The second-order valence-electron chi connectivity index (χ2n) is 4.94. The first-order valence-corrected chi connectivity index (χ1v) is 8.03. The van der Waals surface area contributed by atoms with Gasteiger partial charge in [-0.05, 0) is 25.0 Å². The number of rotatable bonds is 4. The molecule has 2 aromatic rings. The summed E-state index contributed by atoms with van der Waals surface area (Å²) in [4.78, 5) is 4.40. The van der Waals surface area contributed by atoms with Crippen LogP contribution in [0.15, 0.2) is 23.5 Å². The standard InChI is InChI=1S/C14H19N5S/c1-15-11-6-7-16-12(9-11)10-20-14-18-17-13-5-3-2-4-8-19(13)14/h6-7,9H,2-5,8,10H2,1H3,(H,15,16). The van der Waals surface area contributed by atoms with Gasteiger partial charge in [-0.1, -0.05) is 18.2 Å². The Bertz CT molecular complexity index is 581. The van der Waals surface area contributed by atoms with Crippen LogP contribution >= 0.6 is 11.8 Å². The third-order valence-electron chi connectivity index (χ3n) is 3.53. The number of fused-ring (bicyclic) bond motifs is 1. The summed E-state index contributed by atoms with van der Waals surface area (Å²) in [6, 6.07) is 4.05. The minimum Gasteiger partial charge on any atom is -0.388 e. The number of pyridine rings is 1. The maximum Gasteiger partial charge on any atom is 0.191 e. The van der Waals surface area contributed by atoms with Crippen molar-refractivity contribution < 1.29 is 0 Å². The highest BCUT2D eigenvalue weighted by Crippen LogP contribution is 2.24. The molecule has 106 valence electrons. The van der Waals surface area contributed by atoms with E-state index >= 15 is 0 Å². The average molecular weight is 289 g/mol. The van der Waals surface area contributed by atoms with Crippen LogP contribution in [0.4, 0.5) is 5.69 Å². The Balaban J connectivity index is 1.70. The Kier molecular flexibility index (Phi) is 4.20. The van der Waals surface area contributed by atoms with Crippen molar-refractivity contribution in [2.24, 2.45) is 0 Å². The van der Waals surface area contributed by atoms with Crippen molar-refractivity contribution >= 4 is 17.4 Å². The lowest BCUT2D eigenvalue weighted by molar-refractivity contribution is 0.591. The molecule has 0 bridgehead atoms. The fourth-order valence-corrected chi connectivity index (χ4v) is 3.30. The zero-order valence-corrected chi connectivity index (χ0v) is 12.5. The number of hydrogen-bond acceptors (Lipinski definition) is 5. The average Bonchev–Trinajstić information content (AvgIpc) is 2.72. The topological polar surface area (TPSA) is 55.6 Å². The Labute approximate surface area is 123 Å². The van der Waals surface area contributed by atoms with Crippen LogP contribution in [0.2, 0.25) is 0 Å². The zero-order valence-electron chi connectivity index (χ0n) is 11.7. The van der Waals surface area contributed by atoms with Gasteiger partial charge < -0.3 is 9.88 Å². The first-order chi connectivity index (χ1) is 9.86. The molecule has 0 saturated carbocycles. The van der Waals surface area contributed by atoms with Gasteiger partial charge in [-0.15, -0.1) is 10.2 Å². The molecule has 2 aromatic heterocycles. The highest BCUT2D eigenvalue weighted by molar-refractivity contribution is 7.98. The highest BCUT2D eigenvalue weighted by Gasteiger charge is 2.15. The maximum absolute atomic E-state index is 4.40. The van der Waals surface area contributed by atoms with Crippen molar-refractivity contribution in [3.05, 3.63) is 29.8 Å². The van der Waals surface area contributed by atoms with Gasteiger partial charge in [-0.25, -0.2) is 0 Å². The molecule has 0 saturated heterocycles. The van der Waals surface area contributed by atoms with Crippen LogP contribution in [-0.2, 0) is 18.7 Å². The first-order valence-electron chi connectivity index (χ1n) is 7.04. The summed E-state index contributed by atoms with van der Waals surface area (Å²) in [7, 11) is 1.92. The van der Waals surface area contributed by atoms with E-state index in [1.165, 1.54) is 19.3 Å². The number of thioether (sulfide) groups is 1. The summed E-state index contributed by atoms with van der Waals surface area (Å²) in [6.45, 7) is 1.05. The van der Waals surface area contributed by atoms with E-state index in [1.807, 2.05) is 19.3 Å². The summed E-state index contributed by atoms with van der Waals surface area (Å²) in [5.41, 5.74) is 2.16. The lowest BCUT2D eigenvalue weighted by atomic mass is 10.2. The lowest BCUT2D eigenvalue weighted by Gasteiger charge is -2.06. The molecule has 3 rings (SSSR count). The molecule has 1 aliphatic rings. The minimum absolute atomic E-state index is 0.827. The van der Waals surface area contributed by atoms with Crippen molar-refractivity contribution in [1.29, 1.82) is 0 Å². The smallest absolute Gasteiger partial charge is 0.191 e. The molecule has 0 unspecified atom stereocenters. The number of anilines is 1. The first kappa shape index (κ1) is 13.4. The Morgan fingerprint density at radius 3 is 3.15 bits per heavy atom. The molecular formula is C14H19N5S. The van der Waals surface area contributed by atoms with E-state index in [-0.39, 0.29) is 0 Å². The van der Waals surface area contributed by atoms with Gasteiger partial charge in [0.25, 0.3) is 0 Å². The van der Waals surface area contributed by atoms with Crippen LogP contribution in [0.1, 0.15) is 30.8 Å². The maximum atomic E-state index is 4.40. The zero-order chi connectivity index (χ0) is 13.8. The molecule has 3 heterocycles. The molecule has 20 heavy (non-hydrogen) atoms. The van der Waals surface area contributed by atoms with Gasteiger partial charge in [0.15, 0.2) is 5.16 Å². The lowest BCUT2D eigenvalue weighted by Crippen LogP contribution is -2.02. The van der Waals surface area contributed by atoms with Crippen LogP contribution in [0.5, 0.6) is 0 Å². The van der Waals surface area contributed by atoms with E-state index in [4.69, 9.17) is 0 Å². The molecule has 6 heteroatoms. The van der Waals surface area contributed by atoms with Crippen molar-refractivity contribution in [2.45, 2.75) is 43.1 Å². The van der Waals surface area contributed by atoms with E-state index in [2.05, 4.69) is 31.1 Å². The molecule has 0 aliphatic carbocycles. The summed E-state index contributed by atoms with van der Waals surface area (Å²) >= 11 is 1.72. The van der Waals surface area contributed by atoms with Crippen LogP contribution in [0.3, 0.4) is 0 Å². The van der Waals surface area contributed by atoms with E-state index < -0.39 is 0 Å². The molecule has 0 amide bonds.